The first-order chi connectivity index (χ1) is 19.7. The summed E-state index contributed by atoms with van der Waals surface area (Å²) in [6.07, 6.45) is 5.19. The number of thiazole rings is 1. The van der Waals surface area contributed by atoms with Gasteiger partial charge in [0.25, 0.3) is 0 Å². The second kappa shape index (κ2) is 17.6. The molecule has 0 aliphatic carbocycles. The first kappa shape index (κ1) is 33.2. The maximum Gasteiger partial charge on any atom is 0.348 e. The molecule has 0 unspecified atom stereocenters. The summed E-state index contributed by atoms with van der Waals surface area (Å²) in [5.74, 6) is -1.78. The molecule has 1 aromatic heterocycles. The molecule has 2 aromatic rings. The number of carbonyl (C=O) groups is 3. The normalized spacial score (nSPS) is 11.2. The number of unbranched alkanes of at least 4 members (excludes halogenated alkanes) is 3. The van der Waals surface area contributed by atoms with E-state index in [2.05, 4.69) is 31.6 Å². The summed E-state index contributed by atoms with van der Waals surface area (Å²) in [5, 5.41) is 28.1. The zero-order chi connectivity index (χ0) is 30.2. The largest absolute Gasteiger partial charge is 0.506 e. The number of phenolic OH excluding ortho intramolecular Hbond substituents is 1. The number of hydrogen-bond acceptors (Lipinski definition) is 13. The number of esters is 3. The summed E-state index contributed by atoms with van der Waals surface area (Å²) in [5.41, 5.74) is 0.453. The molecule has 0 radical (unpaired) electrons. The molecule has 1 aromatic carbocycles. The van der Waals surface area contributed by atoms with Crippen LogP contribution in [-0.4, -0.2) is 61.9 Å². The van der Waals surface area contributed by atoms with Gasteiger partial charge in [0.15, 0.2) is 0 Å². The number of aromatic hydroxyl groups is 1. The van der Waals surface area contributed by atoms with Gasteiger partial charge in [0.2, 0.25) is 5.13 Å². The highest BCUT2D eigenvalue weighted by Gasteiger charge is 2.16. The van der Waals surface area contributed by atoms with E-state index in [1.807, 2.05) is 6.07 Å². The molecule has 0 bridgehead atoms. The van der Waals surface area contributed by atoms with Gasteiger partial charge in [0.1, 0.15) is 28.2 Å². The number of nitriles is 1. The molecule has 0 spiro atoms. The van der Waals surface area contributed by atoms with Gasteiger partial charge in [-0.15, -0.1) is 10.2 Å². The molecule has 220 valence electrons. The predicted octanol–water partition coefficient (Wildman–Crippen LogP) is 5.88. The molecule has 0 fully saturated rings. The van der Waals surface area contributed by atoms with E-state index in [0.717, 1.165) is 37.0 Å². The number of aromatic nitrogens is 1. The van der Waals surface area contributed by atoms with Crippen LogP contribution in [0.2, 0.25) is 5.15 Å². The summed E-state index contributed by atoms with van der Waals surface area (Å²) in [6, 6.07) is 6.41. The van der Waals surface area contributed by atoms with Crippen molar-refractivity contribution in [1.29, 1.82) is 5.26 Å². The molecule has 0 saturated carbocycles. The van der Waals surface area contributed by atoms with Crippen molar-refractivity contribution in [3.8, 4) is 11.8 Å². The number of halogens is 1. The monoisotopic (exact) mass is 605 g/mol. The van der Waals surface area contributed by atoms with E-state index in [9.17, 15) is 24.8 Å². The number of ether oxygens (including phenoxy) is 3. The molecule has 0 aliphatic heterocycles. The van der Waals surface area contributed by atoms with Crippen LogP contribution in [0.3, 0.4) is 0 Å². The van der Waals surface area contributed by atoms with Crippen LogP contribution in [0.25, 0.3) is 6.08 Å². The number of rotatable bonds is 16. The highest BCUT2D eigenvalue weighted by Crippen LogP contribution is 2.35. The van der Waals surface area contributed by atoms with Crippen LogP contribution in [0, 0.1) is 11.3 Å². The van der Waals surface area contributed by atoms with Crippen LogP contribution in [0.15, 0.2) is 34.0 Å². The topological polar surface area (TPSA) is 164 Å². The lowest BCUT2D eigenvalue weighted by atomic mass is 10.2. The molecule has 1 heterocycles. The molecule has 14 heteroatoms. The van der Waals surface area contributed by atoms with Gasteiger partial charge in [-0.3, -0.25) is 9.59 Å². The van der Waals surface area contributed by atoms with Gasteiger partial charge in [0, 0.05) is 24.8 Å². The number of carbonyl (C=O) groups excluding carboxylic acids is 3. The van der Waals surface area contributed by atoms with Gasteiger partial charge in [-0.05, 0) is 24.6 Å². The molecular weight excluding hydrogens is 574 g/mol. The van der Waals surface area contributed by atoms with Gasteiger partial charge in [-0.2, -0.15) is 5.26 Å². The molecule has 2 rings (SSSR count). The van der Waals surface area contributed by atoms with Gasteiger partial charge < -0.3 is 24.2 Å². The van der Waals surface area contributed by atoms with E-state index in [1.54, 1.807) is 11.0 Å². The number of hydrogen-bond donors (Lipinski definition) is 1. The lowest BCUT2D eigenvalue weighted by Crippen LogP contribution is -2.29. The van der Waals surface area contributed by atoms with Crippen molar-refractivity contribution in [2.75, 3.05) is 38.8 Å². The Balaban J connectivity index is 2.14. The maximum atomic E-state index is 12.2. The van der Waals surface area contributed by atoms with Crippen molar-refractivity contribution in [3.63, 3.8) is 0 Å². The van der Waals surface area contributed by atoms with Gasteiger partial charge >= 0.3 is 17.9 Å². The Kier molecular flexibility index (Phi) is 14.3. The van der Waals surface area contributed by atoms with E-state index in [1.165, 1.54) is 32.4 Å². The van der Waals surface area contributed by atoms with Crippen LogP contribution < -0.4 is 4.90 Å². The Morgan fingerprint density at radius 3 is 2.39 bits per heavy atom. The lowest BCUT2D eigenvalue weighted by Gasteiger charge is -2.24. The minimum Gasteiger partial charge on any atom is -0.506 e. The van der Waals surface area contributed by atoms with E-state index in [4.69, 9.17) is 16.3 Å². The van der Waals surface area contributed by atoms with Crippen molar-refractivity contribution in [1.82, 2.24) is 4.98 Å². The maximum absolute atomic E-state index is 12.2. The molecule has 0 saturated heterocycles. The van der Waals surface area contributed by atoms with Crippen LogP contribution in [-0.2, 0) is 28.6 Å². The van der Waals surface area contributed by atoms with Crippen molar-refractivity contribution in [2.24, 2.45) is 10.2 Å². The third-order valence-electron chi connectivity index (χ3n) is 5.64. The molecular formula is C27H32ClN5O7S. The van der Waals surface area contributed by atoms with E-state index in [-0.39, 0.29) is 59.8 Å². The van der Waals surface area contributed by atoms with Crippen LogP contribution in [0.5, 0.6) is 5.75 Å². The highest BCUT2D eigenvalue weighted by molar-refractivity contribution is 7.16. The van der Waals surface area contributed by atoms with Gasteiger partial charge in [-0.25, -0.2) is 9.78 Å². The Labute approximate surface area is 247 Å². The molecule has 0 atom stereocenters. The number of nitrogens with zero attached hydrogens (tertiary/aromatic N) is 5. The number of methoxy groups -OCH3 is 2. The summed E-state index contributed by atoms with van der Waals surface area (Å²) < 4.78 is 14.5. The summed E-state index contributed by atoms with van der Waals surface area (Å²) in [6.45, 7) is 2.80. The average molecular weight is 606 g/mol. The van der Waals surface area contributed by atoms with E-state index >= 15 is 0 Å². The molecule has 12 nitrogen and oxygen atoms in total. The molecule has 0 amide bonds. The quantitative estimate of drug-likeness (QED) is 0.0610. The SMILES string of the molecule is CCCCCCOC(=O)C(C#N)=Cc1sc(N=Nc2ccc(N(CCC(=O)OC)CCC(=O)OC)cc2O)nc1Cl. The minimum atomic E-state index is -0.742. The molecule has 41 heavy (non-hydrogen) atoms. The van der Waals surface area contributed by atoms with Crippen molar-refractivity contribution in [3.05, 3.63) is 33.8 Å². The Bertz CT molecular complexity index is 1290. The number of anilines is 1. The summed E-state index contributed by atoms with van der Waals surface area (Å²) >= 11 is 7.17. The number of benzene rings is 1. The first-order valence-electron chi connectivity index (χ1n) is 12.8. The van der Waals surface area contributed by atoms with Gasteiger partial charge in [-0.1, -0.05) is 49.1 Å². The summed E-state index contributed by atoms with van der Waals surface area (Å²) in [7, 11) is 2.57. The molecule has 0 aliphatic rings. The minimum absolute atomic E-state index is 0.0267. The standard InChI is InChI=1S/C27H32ClN5O7S/c1-4-5-6-7-14-40-26(37)18(17-29)15-22-25(28)30-27(41-22)32-31-20-9-8-19(16-21(20)34)33(12-10-23(35)38-2)13-11-24(36)39-3/h8-9,15-16,34H,4-7,10-14H2,1-3H3. The van der Waals surface area contributed by atoms with E-state index < -0.39 is 17.9 Å². The summed E-state index contributed by atoms with van der Waals surface area (Å²) in [4.78, 5) is 41.6. The smallest absolute Gasteiger partial charge is 0.348 e. The van der Waals surface area contributed by atoms with Crippen molar-refractivity contribution < 1.29 is 33.7 Å². The third-order valence-corrected chi connectivity index (χ3v) is 6.93. The van der Waals surface area contributed by atoms with Crippen LogP contribution in [0.4, 0.5) is 16.5 Å². The average Bonchev–Trinajstić information content (AvgIpc) is 3.32. The fourth-order valence-electron chi connectivity index (χ4n) is 3.39. The third kappa shape index (κ3) is 11.2. The molecule has 1 N–H and O–H groups in total. The predicted molar refractivity (Wildman–Crippen MR) is 154 cm³/mol. The Hall–Kier alpha value is -4.02. The van der Waals surface area contributed by atoms with Crippen LogP contribution in [0.1, 0.15) is 50.3 Å². The second-order valence-corrected chi connectivity index (χ2v) is 9.90. The fraction of sp³-hybridized carbons (Fsp3) is 0.444. The number of phenols is 1. The fourth-order valence-corrected chi connectivity index (χ4v) is 4.41. The Morgan fingerprint density at radius 2 is 1.80 bits per heavy atom. The van der Waals surface area contributed by atoms with Crippen molar-refractivity contribution >= 4 is 63.4 Å². The Morgan fingerprint density at radius 1 is 1.12 bits per heavy atom. The zero-order valence-electron chi connectivity index (χ0n) is 23.1. The van der Waals surface area contributed by atoms with Gasteiger partial charge in [0.05, 0.1) is 38.5 Å². The lowest BCUT2D eigenvalue weighted by molar-refractivity contribution is -0.140. The number of azo groups is 1. The highest BCUT2D eigenvalue weighted by atomic mass is 35.5. The first-order valence-corrected chi connectivity index (χ1v) is 14.0. The van der Waals surface area contributed by atoms with Crippen LogP contribution >= 0.6 is 22.9 Å². The van der Waals surface area contributed by atoms with Crippen molar-refractivity contribution in [2.45, 2.75) is 45.4 Å². The zero-order valence-corrected chi connectivity index (χ0v) is 24.7. The van der Waals surface area contributed by atoms with E-state index in [0.29, 0.717) is 10.6 Å². The second-order valence-electron chi connectivity index (χ2n) is 8.53.